The summed E-state index contributed by atoms with van der Waals surface area (Å²) in [6, 6.07) is 0. The van der Waals surface area contributed by atoms with Crippen LogP contribution in [0.15, 0.2) is 11.6 Å². The number of carboxylic acid groups (broad SMARTS) is 1. The van der Waals surface area contributed by atoms with Crippen LogP contribution in [-0.4, -0.2) is 21.8 Å². The van der Waals surface area contributed by atoms with Crippen LogP contribution < -0.4 is 0 Å². The van der Waals surface area contributed by atoms with Crippen molar-refractivity contribution in [1.29, 1.82) is 0 Å². The predicted octanol–water partition coefficient (Wildman–Crippen LogP) is 5.04. The van der Waals surface area contributed by atoms with Crippen LogP contribution in [0.5, 0.6) is 0 Å². The SMILES string of the molecule is CC=C(C)CC[C@@H]1[C@@]2(C)C(C(=O)O)CCC(C)(C)[C@@H]2CC[C@@]1(C)O. The Morgan fingerprint density at radius 3 is 2.33 bits per heavy atom. The van der Waals surface area contributed by atoms with Crippen molar-refractivity contribution in [3.8, 4) is 0 Å². The van der Waals surface area contributed by atoms with Gasteiger partial charge in [0, 0.05) is 0 Å². The van der Waals surface area contributed by atoms with Gasteiger partial charge in [0.25, 0.3) is 0 Å². The van der Waals surface area contributed by atoms with Gasteiger partial charge in [0.2, 0.25) is 0 Å². The number of hydrogen-bond donors (Lipinski definition) is 2. The maximum absolute atomic E-state index is 12.1. The number of hydrogen-bond acceptors (Lipinski definition) is 2. The van der Waals surface area contributed by atoms with Gasteiger partial charge in [0.1, 0.15) is 0 Å². The summed E-state index contributed by atoms with van der Waals surface area (Å²) in [5.74, 6) is -0.642. The molecule has 0 aromatic rings. The van der Waals surface area contributed by atoms with Crippen molar-refractivity contribution in [1.82, 2.24) is 0 Å². The van der Waals surface area contributed by atoms with Crippen molar-refractivity contribution < 1.29 is 15.0 Å². The number of fused-ring (bicyclic) bond motifs is 1. The zero-order chi connectivity index (χ0) is 18.3. The van der Waals surface area contributed by atoms with Crippen molar-refractivity contribution >= 4 is 5.97 Å². The smallest absolute Gasteiger partial charge is 0.307 e. The van der Waals surface area contributed by atoms with Crippen LogP contribution in [0, 0.1) is 28.6 Å². The second-order valence-electron chi connectivity index (χ2n) is 9.46. The number of rotatable bonds is 4. The van der Waals surface area contributed by atoms with E-state index in [-0.39, 0.29) is 22.7 Å². The lowest BCUT2D eigenvalue weighted by atomic mass is 9.42. The molecular weight excluding hydrogens is 300 g/mol. The lowest BCUT2D eigenvalue weighted by Crippen LogP contribution is -2.62. The quantitative estimate of drug-likeness (QED) is 0.707. The Kier molecular flexibility index (Phi) is 5.26. The highest BCUT2D eigenvalue weighted by Gasteiger charge is 2.62. The Hall–Kier alpha value is -0.830. The normalized spacial score (nSPS) is 42.5. The molecule has 1 unspecified atom stereocenters. The van der Waals surface area contributed by atoms with Crippen LogP contribution in [-0.2, 0) is 4.79 Å². The monoisotopic (exact) mass is 336 g/mol. The van der Waals surface area contributed by atoms with Gasteiger partial charge in [-0.2, -0.15) is 0 Å². The van der Waals surface area contributed by atoms with Crippen molar-refractivity contribution in [3.05, 3.63) is 11.6 Å². The minimum absolute atomic E-state index is 0.0272. The van der Waals surface area contributed by atoms with Crippen molar-refractivity contribution in [2.24, 2.45) is 28.6 Å². The lowest BCUT2D eigenvalue weighted by molar-refractivity contribution is -0.203. The van der Waals surface area contributed by atoms with Crippen LogP contribution in [0.3, 0.4) is 0 Å². The summed E-state index contributed by atoms with van der Waals surface area (Å²) in [6.07, 6.45) is 7.33. The van der Waals surface area contributed by atoms with E-state index in [9.17, 15) is 15.0 Å². The number of aliphatic hydroxyl groups is 1. The van der Waals surface area contributed by atoms with Gasteiger partial charge in [-0.05, 0) is 82.0 Å². The van der Waals surface area contributed by atoms with E-state index in [1.165, 1.54) is 5.57 Å². The first-order valence-corrected chi connectivity index (χ1v) is 9.53. The van der Waals surface area contributed by atoms with E-state index in [1.807, 2.05) is 13.8 Å². The number of aliphatic carboxylic acids is 1. The number of allylic oxidation sites excluding steroid dienone is 2. The van der Waals surface area contributed by atoms with E-state index < -0.39 is 11.6 Å². The molecule has 2 aliphatic carbocycles. The fourth-order valence-corrected chi connectivity index (χ4v) is 6.08. The Morgan fingerprint density at radius 1 is 1.17 bits per heavy atom. The van der Waals surface area contributed by atoms with Gasteiger partial charge in [0.15, 0.2) is 0 Å². The molecule has 3 heteroatoms. The summed E-state index contributed by atoms with van der Waals surface area (Å²) in [7, 11) is 0. The van der Waals surface area contributed by atoms with Gasteiger partial charge >= 0.3 is 5.97 Å². The van der Waals surface area contributed by atoms with Gasteiger partial charge in [-0.25, -0.2) is 0 Å². The third-order valence-corrected chi connectivity index (χ3v) is 7.58. The molecule has 2 fully saturated rings. The first-order chi connectivity index (χ1) is 11.0. The zero-order valence-electron chi connectivity index (χ0n) is 16.4. The van der Waals surface area contributed by atoms with Gasteiger partial charge < -0.3 is 10.2 Å². The fraction of sp³-hybridized carbons (Fsp3) is 0.857. The van der Waals surface area contributed by atoms with Gasteiger partial charge in [0.05, 0.1) is 11.5 Å². The highest BCUT2D eigenvalue weighted by molar-refractivity contribution is 5.71. The molecule has 2 N–H and O–H groups in total. The molecule has 0 saturated heterocycles. The third-order valence-electron chi connectivity index (χ3n) is 7.58. The summed E-state index contributed by atoms with van der Waals surface area (Å²) in [4.78, 5) is 12.1. The highest BCUT2D eigenvalue weighted by atomic mass is 16.4. The molecule has 24 heavy (non-hydrogen) atoms. The molecule has 0 radical (unpaired) electrons. The molecule has 0 aromatic heterocycles. The summed E-state index contributed by atoms with van der Waals surface area (Å²) in [5.41, 5.74) is 0.341. The van der Waals surface area contributed by atoms with Gasteiger partial charge in [-0.3, -0.25) is 4.79 Å². The molecule has 0 heterocycles. The standard InChI is InChI=1S/C21H36O3/c1-7-14(2)8-9-17-20(5,24)13-11-16-19(3,4)12-10-15(18(22)23)21(16,17)6/h7,15-17,24H,8-13H2,1-6H3,(H,22,23)/t15?,16-,17-,20+,21-/m0/s1. The van der Waals surface area contributed by atoms with Gasteiger partial charge in [-0.15, -0.1) is 0 Å². The van der Waals surface area contributed by atoms with E-state index in [1.54, 1.807) is 0 Å². The molecule has 2 aliphatic rings. The molecule has 0 aromatic carbocycles. The number of carboxylic acids is 1. The molecule has 2 rings (SSSR count). The first kappa shape index (κ1) is 19.5. The van der Waals surface area contributed by atoms with Crippen LogP contribution >= 0.6 is 0 Å². The molecule has 0 aliphatic heterocycles. The van der Waals surface area contributed by atoms with Crippen LogP contribution in [0.25, 0.3) is 0 Å². The predicted molar refractivity (Wildman–Crippen MR) is 97.8 cm³/mol. The Balaban J connectivity index is 2.47. The van der Waals surface area contributed by atoms with Gasteiger partial charge in [-0.1, -0.05) is 32.4 Å². The van der Waals surface area contributed by atoms with Crippen molar-refractivity contribution in [2.45, 2.75) is 85.7 Å². The maximum atomic E-state index is 12.1. The maximum Gasteiger partial charge on any atom is 0.307 e. The minimum Gasteiger partial charge on any atom is -0.481 e. The summed E-state index contributed by atoms with van der Waals surface area (Å²) in [5, 5.41) is 21.1. The summed E-state index contributed by atoms with van der Waals surface area (Å²) >= 11 is 0. The molecule has 138 valence electrons. The second kappa shape index (κ2) is 6.48. The van der Waals surface area contributed by atoms with Crippen molar-refractivity contribution in [2.75, 3.05) is 0 Å². The Morgan fingerprint density at radius 2 is 1.79 bits per heavy atom. The molecule has 3 nitrogen and oxygen atoms in total. The van der Waals surface area contributed by atoms with Crippen LogP contribution in [0.2, 0.25) is 0 Å². The molecule has 0 bridgehead atoms. The van der Waals surface area contributed by atoms with E-state index in [0.29, 0.717) is 5.92 Å². The summed E-state index contributed by atoms with van der Waals surface area (Å²) < 4.78 is 0. The third kappa shape index (κ3) is 3.16. The first-order valence-electron chi connectivity index (χ1n) is 9.53. The Labute approximate surface area is 147 Å². The van der Waals surface area contributed by atoms with E-state index in [4.69, 9.17) is 0 Å². The van der Waals surface area contributed by atoms with Crippen molar-refractivity contribution in [3.63, 3.8) is 0 Å². The fourth-order valence-electron chi connectivity index (χ4n) is 6.08. The topological polar surface area (TPSA) is 57.5 Å². The zero-order valence-corrected chi connectivity index (χ0v) is 16.4. The van der Waals surface area contributed by atoms with Crippen LogP contribution in [0.4, 0.5) is 0 Å². The second-order valence-corrected chi connectivity index (χ2v) is 9.46. The largest absolute Gasteiger partial charge is 0.481 e. The molecule has 0 spiro atoms. The summed E-state index contributed by atoms with van der Waals surface area (Å²) in [6.45, 7) is 12.9. The molecule has 2 saturated carbocycles. The molecule has 0 amide bonds. The Bertz CT molecular complexity index is 517. The number of carbonyl (C=O) groups is 1. The highest BCUT2D eigenvalue weighted by Crippen LogP contribution is 2.65. The lowest BCUT2D eigenvalue weighted by Gasteiger charge is -2.63. The molecule has 5 atom stereocenters. The van der Waals surface area contributed by atoms with Crippen LogP contribution in [0.1, 0.15) is 80.1 Å². The van der Waals surface area contributed by atoms with E-state index in [2.05, 4.69) is 33.8 Å². The average molecular weight is 337 g/mol. The molecular formula is C21H36O3. The minimum atomic E-state index is -0.777. The average Bonchev–Trinajstić information content (AvgIpc) is 2.44. The van der Waals surface area contributed by atoms with E-state index >= 15 is 0 Å². The van der Waals surface area contributed by atoms with E-state index in [0.717, 1.165) is 38.5 Å².